The lowest BCUT2D eigenvalue weighted by Crippen LogP contribution is -2.24. The fraction of sp³-hybridized carbons (Fsp3) is 0.385. The predicted octanol–water partition coefficient (Wildman–Crippen LogP) is 2.28. The highest BCUT2D eigenvalue weighted by molar-refractivity contribution is 5.61. The maximum Gasteiger partial charge on any atom is 0.0991 e. The van der Waals surface area contributed by atoms with Crippen molar-refractivity contribution in [1.29, 1.82) is 10.5 Å². The monoisotopic (exact) mass is 192 g/mol. The summed E-state index contributed by atoms with van der Waals surface area (Å²) in [6.07, 6.45) is 1.17. The second kappa shape index (κ2) is 1.92. The van der Waals surface area contributed by atoms with Gasteiger partial charge in [0.2, 0.25) is 0 Å². The van der Waals surface area contributed by atoms with Crippen molar-refractivity contribution in [2.45, 2.75) is 18.3 Å². The number of benzene rings is 1. The van der Waals surface area contributed by atoms with E-state index in [9.17, 15) is 5.26 Å². The summed E-state index contributed by atoms with van der Waals surface area (Å²) >= 11 is 0. The van der Waals surface area contributed by atoms with E-state index < -0.39 is 0 Å². The zero-order valence-corrected chi connectivity index (χ0v) is 8.07. The van der Waals surface area contributed by atoms with Crippen molar-refractivity contribution in [2.75, 3.05) is 0 Å². The van der Waals surface area contributed by atoms with E-state index in [4.69, 9.17) is 5.26 Å². The molecule has 0 N–H and O–H groups in total. The Balaban J connectivity index is 1.95. The van der Waals surface area contributed by atoms with Gasteiger partial charge in [-0.25, -0.2) is 0 Å². The Hall–Kier alpha value is -1.80. The first-order valence-electron chi connectivity index (χ1n) is 5.28. The van der Waals surface area contributed by atoms with Crippen molar-refractivity contribution >= 4 is 0 Å². The molecule has 1 aromatic carbocycles. The SMILES string of the molecule is N#Cc1ccc2c(c1)[C@@H]1C[C@@H]3[C@@H]2[C@]31C#N. The van der Waals surface area contributed by atoms with Gasteiger partial charge in [0.15, 0.2) is 0 Å². The van der Waals surface area contributed by atoms with Crippen LogP contribution < -0.4 is 0 Å². The van der Waals surface area contributed by atoms with E-state index in [0.717, 1.165) is 5.56 Å². The number of nitriles is 2. The molecule has 2 heteroatoms. The molecular formula is C13H8N2. The molecule has 0 spiro atoms. The van der Waals surface area contributed by atoms with Crippen molar-refractivity contribution < 1.29 is 0 Å². The van der Waals surface area contributed by atoms with E-state index in [1.165, 1.54) is 17.5 Å². The molecule has 0 heterocycles. The Labute approximate surface area is 87.8 Å². The molecule has 0 unspecified atom stereocenters. The van der Waals surface area contributed by atoms with Crippen LogP contribution in [0.3, 0.4) is 0 Å². The summed E-state index contributed by atoms with van der Waals surface area (Å²) in [7, 11) is 0. The van der Waals surface area contributed by atoms with Gasteiger partial charge < -0.3 is 0 Å². The molecule has 15 heavy (non-hydrogen) atoms. The highest BCUT2D eigenvalue weighted by Crippen LogP contribution is 2.86. The van der Waals surface area contributed by atoms with E-state index in [1.54, 1.807) is 0 Å². The van der Waals surface area contributed by atoms with E-state index in [0.29, 0.717) is 17.8 Å². The average Bonchev–Trinajstić information content (AvgIpc) is 2.70. The third kappa shape index (κ3) is 0.546. The van der Waals surface area contributed by atoms with Gasteiger partial charge in [-0.05, 0) is 35.6 Å². The highest BCUT2D eigenvalue weighted by Gasteiger charge is 2.81. The molecule has 0 aliphatic heterocycles. The smallest absolute Gasteiger partial charge is 0.0991 e. The zero-order chi connectivity index (χ0) is 10.2. The standard InChI is InChI=1S/C13H8N2/c14-5-7-1-2-8-9(3-7)10-4-11-12(8)13(10,11)6-15/h1-3,10-12H,4H2/t10-,11+,12+,13-/m0/s1. The Kier molecular flexibility index (Phi) is 0.960. The molecule has 4 rings (SSSR count). The predicted molar refractivity (Wildman–Crippen MR) is 52.8 cm³/mol. The molecule has 0 saturated heterocycles. The largest absolute Gasteiger partial charge is 0.198 e. The minimum atomic E-state index is -0.0452. The first-order valence-corrected chi connectivity index (χ1v) is 5.28. The summed E-state index contributed by atoms with van der Waals surface area (Å²) in [6, 6.07) is 10.6. The number of fused-ring (bicyclic) bond motifs is 4. The number of nitrogens with zero attached hydrogens (tertiary/aromatic N) is 2. The van der Waals surface area contributed by atoms with Gasteiger partial charge in [-0.1, -0.05) is 6.07 Å². The van der Waals surface area contributed by atoms with E-state index in [1.807, 2.05) is 12.1 Å². The van der Waals surface area contributed by atoms with Gasteiger partial charge in [0.1, 0.15) is 0 Å². The Morgan fingerprint density at radius 1 is 1.27 bits per heavy atom. The van der Waals surface area contributed by atoms with Crippen LogP contribution >= 0.6 is 0 Å². The summed E-state index contributed by atoms with van der Waals surface area (Å²) in [4.78, 5) is 0. The molecule has 2 nitrogen and oxygen atoms in total. The molecule has 0 aromatic heterocycles. The summed E-state index contributed by atoms with van der Waals surface area (Å²) < 4.78 is 0. The highest BCUT2D eigenvalue weighted by atomic mass is 14.8. The van der Waals surface area contributed by atoms with Crippen LogP contribution in [0.2, 0.25) is 0 Å². The van der Waals surface area contributed by atoms with Gasteiger partial charge in [0.05, 0.1) is 23.1 Å². The Bertz CT molecular complexity index is 575. The summed E-state index contributed by atoms with van der Waals surface area (Å²) in [6.45, 7) is 0. The van der Waals surface area contributed by atoms with Crippen LogP contribution in [-0.2, 0) is 0 Å². The lowest BCUT2D eigenvalue weighted by molar-refractivity contribution is 0.311. The van der Waals surface area contributed by atoms with Crippen molar-refractivity contribution in [3.05, 3.63) is 34.9 Å². The van der Waals surface area contributed by atoms with Crippen LogP contribution in [0.4, 0.5) is 0 Å². The van der Waals surface area contributed by atoms with Gasteiger partial charge in [-0.2, -0.15) is 10.5 Å². The number of rotatable bonds is 0. The van der Waals surface area contributed by atoms with Crippen molar-refractivity contribution in [2.24, 2.45) is 11.3 Å². The molecule has 0 bridgehead atoms. The summed E-state index contributed by atoms with van der Waals surface area (Å²) in [5, 5.41) is 18.1. The van der Waals surface area contributed by atoms with Gasteiger partial charge in [0.25, 0.3) is 0 Å². The van der Waals surface area contributed by atoms with Crippen LogP contribution in [0.25, 0.3) is 0 Å². The average molecular weight is 192 g/mol. The van der Waals surface area contributed by atoms with Crippen LogP contribution in [0.1, 0.15) is 34.9 Å². The van der Waals surface area contributed by atoms with Crippen molar-refractivity contribution in [3.8, 4) is 12.1 Å². The third-order valence-corrected chi connectivity index (χ3v) is 4.61. The topological polar surface area (TPSA) is 47.6 Å². The molecule has 0 amide bonds. The van der Waals surface area contributed by atoms with Crippen LogP contribution in [0.5, 0.6) is 0 Å². The molecule has 1 aromatic rings. The van der Waals surface area contributed by atoms with E-state index in [2.05, 4.69) is 18.2 Å². The fourth-order valence-corrected chi connectivity index (χ4v) is 3.89. The van der Waals surface area contributed by atoms with Crippen molar-refractivity contribution in [1.82, 2.24) is 0 Å². The molecule has 4 atom stereocenters. The molecule has 3 aliphatic rings. The second-order valence-electron chi connectivity index (χ2n) is 4.87. The fourth-order valence-electron chi connectivity index (χ4n) is 3.89. The van der Waals surface area contributed by atoms with Crippen LogP contribution in [0, 0.1) is 34.0 Å². The molecule has 70 valence electrons. The van der Waals surface area contributed by atoms with Gasteiger partial charge >= 0.3 is 0 Å². The number of hydrogen-bond acceptors (Lipinski definition) is 2. The minimum absolute atomic E-state index is 0.0452. The molecular weight excluding hydrogens is 184 g/mol. The third-order valence-electron chi connectivity index (χ3n) is 4.61. The molecule has 0 radical (unpaired) electrons. The maximum atomic E-state index is 9.25. The normalized spacial score (nSPS) is 41.9. The second-order valence-corrected chi connectivity index (χ2v) is 4.87. The van der Waals surface area contributed by atoms with Crippen LogP contribution in [0.15, 0.2) is 18.2 Å². The van der Waals surface area contributed by atoms with Crippen LogP contribution in [-0.4, -0.2) is 0 Å². The van der Waals surface area contributed by atoms with Gasteiger partial charge in [-0.15, -0.1) is 0 Å². The molecule has 2 saturated carbocycles. The zero-order valence-electron chi connectivity index (χ0n) is 8.07. The van der Waals surface area contributed by atoms with Gasteiger partial charge in [-0.3, -0.25) is 0 Å². The minimum Gasteiger partial charge on any atom is -0.198 e. The Morgan fingerprint density at radius 2 is 2.13 bits per heavy atom. The molecule has 3 aliphatic carbocycles. The van der Waals surface area contributed by atoms with E-state index >= 15 is 0 Å². The lowest BCUT2D eigenvalue weighted by atomic mass is 9.70. The number of hydrogen-bond donors (Lipinski definition) is 0. The quantitative estimate of drug-likeness (QED) is 0.633. The van der Waals surface area contributed by atoms with Gasteiger partial charge in [0, 0.05) is 11.8 Å². The van der Waals surface area contributed by atoms with E-state index in [-0.39, 0.29) is 5.41 Å². The lowest BCUT2D eigenvalue weighted by Gasteiger charge is -2.31. The van der Waals surface area contributed by atoms with Crippen molar-refractivity contribution in [3.63, 3.8) is 0 Å². The molecule has 2 fully saturated rings. The summed E-state index contributed by atoms with van der Waals surface area (Å²) in [5.74, 6) is 1.56. The first-order chi connectivity index (χ1) is 7.32. The Morgan fingerprint density at radius 3 is 2.87 bits per heavy atom. The maximum absolute atomic E-state index is 9.25. The summed E-state index contributed by atoms with van der Waals surface area (Å²) in [5.41, 5.74) is 3.31. The first kappa shape index (κ1) is 7.49.